The maximum atomic E-state index is 13.3. The van der Waals surface area contributed by atoms with E-state index in [2.05, 4.69) is 9.97 Å². The van der Waals surface area contributed by atoms with Gasteiger partial charge in [-0.15, -0.1) is 0 Å². The van der Waals surface area contributed by atoms with Gasteiger partial charge in [-0.1, -0.05) is 12.1 Å². The first kappa shape index (κ1) is 16.5. The normalized spacial score (nSPS) is 19.7. The third-order valence-corrected chi connectivity index (χ3v) is 4.79. The molecule has 1 N–H and O–H groups in total. The zero-order valence-electron chi connectivity index (χ0n) is 14.4. The van der Waals surface area contributed by atoms with Crippen molar-refractivity contribution in [2.75, 3.05) is 13.7 Å². The number of benzene rings is 1. The van der Waals surface area contributed by atoms with Crippen LogP contribution in [0.15, 0.2) is 55.0 Å². The van der Waals surface area contributed by atoms with E-state index in [0.717, 1.165) is 16.8 Å². The molecule has 2 atom stereocenters. The highest BCUT2D eigenvalue weighted by Crippen LogP contribution is 2.35. The van der Waals surface area contributed by atoms with Crippen LogP contribution in [0.2, 0.25) is 0 Å². The Morgan fingerprint density at radius 2 is 2.15 bits per heavy atom. The molecular weight excluding hydrogens is 330 g/mol. The molecule has 0 saturated carbocycles. The van der Waals surface area contributed by atoms with Gasteiger partial charge in [0, 0.05) is 30.5 Å². The number of β-amino-alcohol motifs (C(OH)–C–C–N with tert-alkyl or cyclic N) is 1. The summed E-state index contributed by atoms with van der Waals surface area (Å²) < 4.78 is 5.30. The molecule has 1 aliphatic rings. The second kappa shape index (κ2) is 6.72. The number of carbonyl (C=O) groups is 1. The smallest absolute Gasteiger partial charge is 0.255 e. The Morgan fingerprint density at radius 3 is 3.00 bits per heavy atom. The van der Waals surface area contributed by atoms with Gasteiger partial charge in [0.1, 0.15) is 5.75 Å². The van der Waals surface area contributed by atoms with Crippen LogP contribution >= 0.6 is 0 Å². The third-order valence-electron chi connectivity index (χ3n) is 4.79. The van der Waals surface area contributed by atoms with E-state index in [9.17, 15) is 9.90 Å². The van der Waals surface area contributed by atoms with Gasteiger partial charge < -0.3 is 14.7 Å². The first-order valence-electron chi connectivity index (χ1n) is 8.49. The van der Waals surface area contributed by atoms with Crippen LogP contribution in [0.3, 0.4) is 0 Å². The fraction of sp³-hybridized carbons (Fsp3) is 0.250. The van der Waals surface area contributed by atoms with Gasteiger partial charge in [-0.3, -0.25) is 14.8 Å². The summed E-state index contributed by atoms with van der Waals surface area (Å²) in [6.45, 7) is 0.296. The Morgan fingerprint density at radius 1 is 1.27 bits per heavy atom. The molecule has 1 amide bonds. The van der Waals surface area contributed by atoms with Crippen LogP contribution in [0.25, 0.3) is 10.9 Å². The minimum atomic E-state index is -0.554. The van der Waals surface area contributed by atoms with Crippen LogP contribution in [-0.2, 0) is 0 Å². The van der Waals surface area contributed by atoms with E-state index < -0.39 is 6.10 Å². The number of methoxy groups -OCH3 is 1. The molecule has 1 saturated heterocycles. The van der Waals surface area contributed by atoms with Crippen LogP contribution < -0.4 is 4.74 Å². The Hall–Kier alpha value is -2.99. The standard InChI is InChI=1S/C20H19N3O3/c1-26-15-4-2-3-13(9-15)19-10-14(24)12-23(19)20(25)16-5-8-22-18-6-7-21-11-17(16)18/h2-9,11,14,19,24H,10,12H2,1H3/t14-,19+/m0/s1. The molecule has 6 nitrogen and oxygen atoms in total. The van der Waals surface area contributed by atoms with Crippen molar-refractivity contribution < 1.29 is 14.6 Å². The van der Waals surface area contributed by atoms with Gasteiger partial charge in [-0.25, -0.2) is 0 Å². The van der Waals surface area contributed by atoms with E-state index in [1.165, 1.54) is 0 Å². The summed E-state index contributed by atoms with van der Waals surface area (Å²) in [7, 11) is 1.61. The van der Waals surface area contributed by atoms with E-state index in [0.29, 0.717) is 23.9 Å². The van der Waals surface area contributed by atoms with Crippen molar-refractivity contribution in [1.82, 2.24) is 14.9 Å². The molecule has 0 radical (unpaired) electrons. The predicted molar refractivity (Wildman–Crippen MR) is 96.9 cm³/mol. The lowest BCUT2D eigenvalue weighted by Crippen LogP contribution is -2.32. The van der Waals surface area contributed by atoms with E-state index in [-0.39, 0.29) is 11.9 Å². The molecule has 0 bridgehead atoms. The first-order chi connectivity index (χ1) is 12.7. The summed E-state index contributed by atoms with van der Waals surface area (Å²) in [5, 5.41) is 10.9. The van der Waals surface area contributed by atoms with Crippen LogP contribution in [0, 0.1) is 0 Å². The zero-order chi connectivity index (χ0) is 18.1. The van der Waals surface area contributed by atoms with Gasteiger partial charge in [-0.2, -0.15) is 0 Å². The van der Waals surface area contributed by atoms with Gasteiger partial charge in [0.25, 0.3) is 5.91 Å². The lowest BCUT2D eigenvalue weighted by molar-refractivity contribution is 0.0717. The van der Waals surface area contributed by atoms with Crippen LogP contribution in [-0.4, -0.2) is 45.6 Å². The second-order valence-corrected chi connectivity index (χ2v) is 6.39. The van der Waals surface area contributed by atoms with Gasteiger partial charge in [-0.05, 0) is 36.2 Å². The summed E-state index contributed by atoms with van der Waals surface area (Å²) in [6, 6.07) is 10.9. The predicted octanol–water partition coefficient (Wildman–Crippen LogP) is 2.59. The molecule has 26 heavy (non-hydrogen) atoms. The van der Waals surface area contributed by atoms with Gasteiger partial charge in [0.15, 0.2) is 0 Å². The number of hydrogen-bond acceptors (Lipinski definition) is 5. The fourth-order valence-electron chi connectivity index (χ4n) is 3.53. The van der Waals surface area contributed by atoms with Crippen LogP contribution in [0.4, 0.5) is 0 Å². The Kier molecular flexibility index (Phi) is 4.26. The van der Waals surface area contributed by atoms with Crippen LogP contribution in [0.5, 0.6) is 5.75 Å². The van der Waals surface area contributed by atoms with Crippen molar-refractivity contribution in [3.63, 3.8) is 0 Å². The quantitative estimate of drug-likeness (QED) is 0.787. The van der Waals surface area contributed by atoms with Crippen molar-refractivity contribution in [1.29, 1.82) is 0 Å². The van der Waals surface area contributed by atoms with E-state index in [1.54, 1.807) is 42.7 Å². The summed E-state index contributed by atoms with van der Waals surface area (Å²) in [6.07, 6.45) is 4.88. The zero-order valence-corrected chi connectivity index (χ0v) is 14.4. The minimum absolute atomic E-state index is 0.130. The summed E-state index contributed by atoms with van der Waals surface area (Å²) in [5.74, 6) is 0.601. The number of aliphatic hydroxyl groups is 1. The van der Waals surface area contributed by atoms with Crippen LogP contribution in [0.1, 0.15) is 28.4 Å². The number of fused-ring (bicyclic) bond motifs is 1. The SMILES string of the molecule is COc1cccc([C@H]2C[C@H](O)CN2C(=O)c2ccnc3ccncc23)c1. The average molecular weight is 349 g/mol. The third kappa shape index (κ3) is 2.88. The summed E-state index contributed by atoms with van der Waals surface area (Å²) in [5.41, 5.74) is 2.22. The number of hydrogen-bond donors (Lipinski definition) is 1. The number of pyridine rings is 2. The molecule has 4 rings (SSSR count). The fourth-order valence-corrected chi connectivity index (χ4v) is 3.53. The molecule has 1 fully saturated rings. The molecule has 0 unspecified atom stereocenters. The molecule has 2 aromatic heterocycles. The molecular formula is C20H19N3O3. The Bertz CT molecular complexity index is 954. The number of nitrogens with zero attached hydrogens (tertiary/aromatic N) is 3. The number of likely N-dealkylation sites (tertiary alicyclic amines) is 1. The van der Waals surface area contributed by atoms with Crippen molar-refractivity contribution in [3.05, 3.63) is 66.1 Å². The molecule has 0 spiro atoms. The molecule has 1 aliphatic heterocycles. The molecule has 1 aromatic carbocycles. The highest BCUT2D eigenvalue weighted by atomic mass is 16.5. The number of aliphatic hydroxyl groups excluding tert-OH is 1. The summed E-state index contributed by atoms with van der Waals surface area (Å²) in [4.78, 5) is 23.4. The first-order valence-corrected chi connectivity index (χ1v) is 8.49. The topological polar surface area (TPSA) is 75.6 Å². The van der Waals surface area contributed by atoms with Crippen molar-refractivity contribution >= 4 is 16.8 Å². The second-order valence-electron chi connectivity index (χ2n) is 6.39. The van der Waals surface area contributed by atoms with Crippen molar-refractivity contribution in [2.45, 2.75) is 18.6 Å². The van der Waals surface area contributed by atoms with E-state index >= 15 is 0 Å². The van der Waals surface area contributed by atoms with E-state index in [1.807, 2.05) is 24.3 Å². The van der Waals surface area contributed by atoms with Crippen molar-refractivity contribution in [3.8, 4) is 5.75 Å². The molecule has 0 aliphatic carbocycles. The molecule has 3 heterocycles. The van der Waals surface area contributed by atoms with Gasteiger partial charge in [0.05, 0.1) is 30.3 Å². The maximum absolute atomic E-state index is 13.3. The Labute approximate surface area is 151 Å². The average Bonchev–Trinajstić information content (AvgIpc) is 3.09. The lowest BCUT2D eigenvalue weighted by Gasteiger charge is -2.25. The highest BCUT2D eigenvalue weighted by molar-refractivity contribution is 6.06. The lowest BCUT2D eigenvalue weighted by atomic mass is 10.0. The summed E-state index contributed by atoms with van der Waals surface area (Å²) >= 11 is 0. The number of aromatic nitrogens is 2. The monoisotopic (exact) mass is 349 g/mol. The molecule has 132 valence electrons. The maximum Gasteiger partial charge on any atom is 0.255 e. The largest absolute Gasteiger partial charge is 0.497 e. The highest BCUT2D eigenvalue weighted by Gasteiger charge is 2.36. The van der Waals surface area contributed by atoms with Gasteiger partial charge >= 0.3 is 0 Å². The number of amides is 1. The van der Waals surface area contributed by atoms with Crippen molar-refractivity contribution in [2.24, 2.45) is 0 Å². The van der Waals surface area contributed by atoms with Gasteiger partial charge in [0.2, 0.25) is 0 Å². The molecule has 6 heteroatoms. The molecule has 3 aromatic rings. The number of rotatable bonds is 3. The minimum Gasteiger partial charge on any atom is -0.497 e. The number of carbonyl (C=O) groups excluding carboxylic acids is 1. The number of ether oxygens (including phenoxy) is 1. The van der Waals surface area contributed by atoms with E-state index in [4.69, 9.17) is 4.74 Å². The Balaban J connectivity index is 1.73.